The second kappa shape index (κ2) is 5.59. The number of carbonyl (C=O) groups is 1. The first-order valence-corrected chi connectivity index (χ1v) is 8.32. The van der Waals surface area contributed by atoms with Crippen LogP contribution in [-0.2, 0) is 6.42 Å². The predicted octanol–water partition coefficient (Wildman–Crippen LogP) is 3.29. The van der Waals surface area contributed by atoms with Gasteiger partial charge in [0.1, 0.15) is 5.82 Å². The number of amides is 1. The van der Waals surface area contributed by atoms with Crippen molar-refractivity contribution < 1.29 is 9.18 Å². The zero-order chi connectivity index (χ0) is 16.8. The molecule has 0 saturated carbocycles. The number of hydrogen-bond donors (Lipinski definition) is 0. The maximum Gasteiger partial charge on any atom is 0.292 e. The van der Waals surface area contributed by atoms with E-state index in [1.807, 2.05) is 18.2 Å². The lowest BCUT2D eigenvalue weighted by Gasteiger charge is -2.38. The summed E-state index contributed by atoms with van der Waals surface area (Å²) >= 11 is 3.39. The third kappa shape index (κ3) is 2.36. The number of nitrogens with zero attached hydrogens (tertiary/aromatic N) is 4. The first kappa shape index (κ1) is 15.1. The Kier molecular flexibility index (Phi) is 3.53. The maximum atomic E-state index is 13.9. The number of rotatable bonds is 1. The molecular formula is C17H14BrFN4O. The highest BCUT2D eigenvalue weighted by Gasteiger charge is 2.29. The quantitative estimate of drug-likeness (QED) is 0.642. The van der Waals surface area contributed by atoms with Crippen molar-refractivity contribution in [3.05, 3.63) is 64.1 Å². The van der Waals surface area contributed by atoms with E-state index in [0.29, 0.717) is 29.9 Å². The Labute approximate surface area is 146 Å². The van der Waals surface area contributed by atoms with Gasteiger partial charge in [0.2, 0.25) is 0 Å². The largest absolute Gasteiger partial charge is 0.292 e. The molecule has 4 rings (SSSR count). The van der Waals surface area contributed by atoms with Crippen LogP contribution in [-0.4, -0.2) is 34.1 Å². The molecule has 0 N–H and O–H groups in total. The van der Waals surface area contributed by atoms with Gasteiger partial charge in [-0.25, -0.2) is 13.9 Å². The Hall–Kier alpha value is -2.41. The summed E-state index contributed by atoms with van der Waals surface area (Å²) in [4.78, 5) is 12.9. The zero-order valence-corrected chi connectivity index (χ0v) is 14.5. The minimum Gasteiger partial charge on any atom is -0.285 e. The van der Waals surface area contributed by atoms with Crippen LogP contribution in [0.5, 0.6) is 0 Å². The second-order valence-corrected chi connectivity index (χ2v) is 6.60. The van der Waals surface area contributed by atoms with Gasteiger partial charge in [0.25, 0.3) is 5.91 Å². The first-order valence-electron chi connectivity index (χ1n) is 7.52. The molecule has 0 aliphatic carbocycles. The summed E-state index contributed by atoms with van der Waals surface area (Å²) in [6.07, 6.45) is 2.29. The zero-order valence-electron chi connectivity index (χ0n) is 12.9. The van der Waals surface area contributed by atoms with Crippen LogP contribution in [0.1, 0.15) is 16.1 Å². The van der Waals surface area contributed by atoms with E-state index in [1.54, 1.807) is 39.9 Å². The van der Waals surface area contributed by atoms with Crippen LogP contribution in [0, 0.1) is 5.82 Å². The van der Waals surface area contributed by atoms with E-state index in [4.69, 9.17) is 0 Å². The van der Waals surface area contributed by atoms with Crippen LogP contribution in [0.2, 0.25) is 0 Å². The lowest BCUT2D eigenvalue weighted by molar-refractivity contribution is 0.0731. The SMILES string of the molecule is CN1c2cccc(F)c2CCN1C(=O)c1cc2ccc(Br)cn2n1. The van der Waals surface area contributed by atoms with Gasteiger partial charge in [-0.3, -0.25) is 9.80 Å². The Balaban J connectivity index is 1.69. The topological polar surface area (TPSA) is 40.9 Å². The molecule has 2 aromatic heterocycles. The fourth-order valence-corrected chi connectivity index (χ4v) is 3.36. The van der Waals surface area contributed by atoms with Gasteiger partial charge in [-0.1, -0.05) is 6.07 Å². The van der Waals surface area contributed by atoms with E-state index in [2.05, 4.69) is 21.0 Å². The van der Waals surface area contributed by atoms with E-state index < -0.39 is 0 Å². The smallest absolute Gasteiger partial charge is 0.285 e. The Morgan fingerprint density at radius 3 is 2.96 bits per heavy atom. The maximum absolute atomic E-state index is 13.9. The molecule has 5 nitrogen and oxygen atoms in total. The second-order valence-electron chi connectivity index (χ2n) is 5.69. The molecule has 0 atom stereocenters. The van der Waals surface area contributed by atoms with Crippen LogP contribution in [0.25, 0.3) is 5.52 Å². The van der Waals surface area contributed by atoms with Crippen molar-refractivity contribution in [2.75, 3.05) is 18.6 Å². The van der Waals surface area contributed by atoms with Crippen LogP contribution in [0.15, 0.2) is 47.1 Å². The number of benzene rings is 1. The molecule has 3 heterocycles. The number of aromatic nitrogens is 2. The van der Waals surface area contributed by atoms with Crippen LogP contribution in [0.4, 0.5) is 10.1 Å². The third-order valence-electron chi connectivity index (χ3n) is 4.26. The van der Waals surface area contributed by atoms with Crippen molar-refractivity contribution in [1.82, 2.24) is 14.6 Å². The van der Waals surface area contributed by atoms with Gasteiger partial charge in [0, 0.05) is 29.8 Å². The molecule has 1 aromatic carbocycles. The van der Waals surface area contributed by atoms with E-state index in [9.17, 15) is 9.18 Å². The lowest BCUT2D eigenvalue weighted by Crippen LogP contribution is -2.48. The Morgan fingerprint density at radius 1 is 1.29 bits per heavy atom. The number of halogens is 2. The number of carbonyl (C=O) groups excluding carboxylic acids is 1. The summed E-state index contributed by atoms with van der Waals surface area (Å²) in [5.74, 6) is -0.434. The molecule has 0 unspecified atom stereocenters. The molecule has 0 saturated heterocycles. The van der Waals surface area contributed by atoms with Gasteiger partial charge in [-0.15, -0.1) is 0 Å². The molecule has 1 amide bonds. The summed E-state index contributed by atoms with van der Waals surface area (Å²) in [6.45, 7) is 0.417. The summed E-state index contributed by atoms with van der Waals surface area (Å²) in [5.41, 5.74) is 2.55. The number of pyridine rings is 1. The highest BCUT2D eigenvalue weighted by Crippen LogP contribution is 2.29. The van der Waals surface area contributed by atoms with E-state index in [1.165, 1.54) is 6.07 Å². The molecule has 3 aromatic rings. The number of fused-ring (bicyclic) bond motifs is 2. The van der Waals surface area contributed by atoms with Crippen molar-refractivity contribution in [3.63, 3.8) is 0 Å². The molecule has 122 valence electrons. The molecule has 0 spiro atoms. The predicted molar refractivity (Wildman–Crippen MR) is 92.4 cm³/mol. The van der Waals surface area contributed by atoms with Crippen molar-refractivity contribution >= 4 is 33.0 Å². The fourth-order valence-electron chi connectivity index (χ4n) is 3.03. The molecule has 1 aliphatic heterocycles. The van der Waals surface area contributed by atoms with Gasteiger partial charge in [-0.2, -0.15) is 5.10 Å². The van der Waals surface area contributed by atoms with Gasteiger partial charge in [0.05, 0.1) is 11.2 Å². The normalized spacial score (nSPS) is 14.1. The van der Waals surface area contributed by atoms with E-state index >= 15 is 0 Å². The summed E-state index contributed by atoms with van der Waals surface area (Å²) < 4.78 is 16.5. The number of hydrazine groups is 1. The average Bonchev–Trinajstić information content (AvgIpc) is 2.98. The van der Waals surface area contributed by atoms with Crippen molar-refractivity contribution in [3.8, 4) is 0 Å². The minimum absolute atomic E-state index is 0.202. The van der Waals surface area contributed by atoms with Crippen LogP contribution < -0.4 is 5.01 Å². The highest BCUT2D eigenvalue weighted by atomic mass is 79.9. The third-order valence-corrected chi connectivity index (χ3v) is 4.72. The summed E-state index contributed by atoms with van der Waals surface area (Å²) in [5, 5.41) is 7.65. The Bertz CT molecular complexity index is 955. The van der Waals surface area contributed by atoms with Gasteiger partial charge >= 0.3 is 0 Å². The van der Waals surface area contributed by atoms with Crippen LogP contribution in [0.3, 0.4) is 0 Å². The van der Waals surface area contributed by atoms with Crippen LogP contribution >= 0.6 is 15.9 Å². The van der Waals surface area contributed by atoms with E-state index in [0.717, 1.165) is 9.99 Å². The van der Waals surface area contributed by atoms with Crippen molar-refractivity contribution in [1.29, 1.82) is 0 Å². The average molecular weight is 389 g/mol. The molecule has 0 radical (unpaired) electrons. The Morgan fingerprint density at radius 2 is 2.12 bits per heavy atom. The van der Waals surface area contributed by atoms with Gasteiger partial charge < -0.3 is 0 Å². The molecule has 24 heavy (non-hydrogen) atoms. The van der Waals surface area contributed by atoms with Crippen molar-refractivity contribution in [2.45, 2.75) is 6.42 Å². The highest BCUT2D eigenvalue weighted by molar-refractivity contribution is 9.10. The monoisotopic (exact) mass is 388 g/mol. The fraction of sp³-hybridized carbons (Fsp3) is 0.176. The molecule has 0 bridgehead atoms. The standard InChI is InChI=1S/C17H14BrFN4O/c1-21-16-4-2-3-14(19)13(16)7-8-23(21)17(24)15-9-12-6-5-11(18)10-22(12)20-15/h2-6,9-10H,7-8H2,1H3. The van der Waals surface area contributed by atoms with Crippen molar-refractivity contribution in [2.24, 2.45) is 0 Å². The molecule has 7 heteroatoms. The summed E-state index contributed by atoms with van der Waals surface area (Å²) in [7, 11) is 1.77. The van der Waals surface area contributed by atoms with E-state index in [-0.39, 0.29) is 11.7 Å². The summed E-state index contributed by atoms with van der Waals surface area (Å²) in [6, 6.07) is 10.5. The molecular weight excluding hydrogens is 375 g/mol. The van der Waals surface area contributed by atoms with Gasteiger partial charge in [0.15, 0.2) is 5.69 Å². The molecule has 1 aliphatic rings. The number of anilines is 1. The number of hydrogen-bond acceptors (Lipinski definition) is 3. The minimum atomic E-state index is -0.232. The first-order chi connectivity index (χ1) is 11.5. The molecule has 0 fully saturated rings. The van der Waals surface area contributed by atoms with Gasteiger partial charge in [-0.05, 0) is 52.7 Å². The lowest BCUT2D eigenvalue weighted by atomic mass is 10.1.